The SMILES string of the molecule is COc1cc(C(=O)O)ccc1NCC#Cc1cc2c(N[C@@H]3CCN(C(C)(C)C)C[C@@]3(F)[Si])cccc2n1CC(F)(F)F. The number of rotatable bonds is 7. The van der Waals surface area contributed by atoms with Gasteiger partial charge in [0.2, 0.25) is 0 Å². The van der Waals surface area contributed by atoms with Crippen molar-refractivity contribution >= 4 is 38.5 Å². The second-order valence-electron chi connectivity index (χ2n) is 11.3. The van der Waals surface area contributed by atoms with Crippen molar-refractivity contribution in [1.82, 2.24) is 9.47 Å². The average Bonchev–Trinajstić information content (AvgIpc) is 3.23. The Morgan fingerprint density at radius 3 is 2.55 bits per heavy atom. The smallest absolute Gasteiger partial charge is 0.406 e. The number of benzene rings is 2. The van der Waals surface area contributed by atoms with E-state index in [0.29, 0.717) is 41.0 Å². The van der Waals surface area contributed by atoms with Gasteiger partial charge < -0.3 is 25.0 Å². The fourth-order valence-corrected chi connectivity index (χ4v) is 5.44. The summed E-state index contributed by atoms with van der Waals surface area (Å²) in [6.07, 6.45) is -4.00. The van der Waals surface area contributed by atoms with E-state index in [-0.39, 0.29) is 29.9 Å². The maximum atomic E-state index is 15.8. The molecule has 0 bridgehead atoms. The Kier molecular flexibility index (Phi) is 8.85. The minimum absolute atomic E-state index is 0.0501. The van der Waals surface area contributed by atoms with E-state index in [0.717, 1.165) is 4.57 Å². The molecule has 12 heteroatoms. The van der Waals surface area contributed by atoms with Crippen LogP contribution in [0.15, 0.2) is 42.5 Å². The van der Waals surface area contributed by atoms with Gasteiger partial charge in [-0.1, -0.05) is 12.0 Å². The number of ether oxygens (including phenoxy) is 1. The monoisotopic (exact) mass is 601 g/mol. The maximum Gasteiger partial charge on any atom is 0.406 e. The van der Waals surface area contributed by atoms with Gasteiger partial charge in [-0.25, -0.2) is 9.18 Å². The number of carboxylic acid groups (broad SMARTS) is 1. The summed E-state index contributed by atoms with van der Waals surface area (Å²) >= 11 is 0. The molecule has 1 saturated heterocycles. The van der Waals surface area contributed by atoms with Crippen LogP contribution in [0.2, 0.25) is 0 Å². The second-order valence-corrected chi connectivity index (χ2v) is 12.1. The summed E-state index contributed by atoms with van der Waals surface area (Å²) in [5, 5.41) is 14.2. The minimum Gasteiger partial charge on any atom is -0.495 e. The molecule has 0 spiro atoms. The van der Waals surface area contributed by atoms with Crippen LogP contribution in [0.3, 0.4) is 0 Å². The number of aromatic carboxylic acids is 1. The van der Waals surface area contributed by atoms with Crippen LogP contribution in [0.4, 0.5) is 28.9 Å². The maximum absolute atomic E-state index is 15.8. The molecule has 223 valence electrons. The zero-order chi connectivity index (χ0) is 30.9. The molecule has 0 amide bonds. The number of likely N-dealkylation sites (tertiary alicyclic amines) is 1. The van der Waals surface area contributed by atoms with E-state index in [2.05, 4.69) is 37.6 Å². The molecule has 4 rings (SSSR count). The molecule has 42 heavy (non-hydrogen) atoms. The highest BCUT2D eigenvalue weighted by Crippen LogP contribution is 2.34. The molecule has 0 unspecified atom stereocenters. The van der Waals surface area contributed by atoms with Gasteiger partial charge >= 0.3 is 12.1 Å². The molecule has 1 aliphatic heterocycles. The van der Waals surface area contributed by atoms with Gasteiger partial charge in [-0.3, -0.25) is 4.90 Å². The lowest BCUT2D eigenvalue weighted by atomic mass is 9.95. The second kappa shape index (κ2) is 11.9. The van der Waals surface area contributed by atoms with Crippen molar-refractivity contribution < 1.29 is 32.2 Å². The molecular formula is C30H33F4N4O3Si. The number of hydrogen-bond acceptors (Lipinski definition) is 5. The van der Waals surface area contributed by atoms with E-state index in [1.165, 1.54) is 25.3 Å². The fraction of sp³-hybridized carbons (Fsp3) is 0.433. The summed E-state index contributed by atoms with van der Waals surface area (Å²) in [6.45, 7) is 5.71. The Morgan fingerprint density at radius 1 is 1.19 bits per heavy atom. The third-order valence-corrected chi connectivity index (χ3v) is 7.76. The summed E-state index contributed by atoms with van der Waals surface area (Å²) in [7, 11) is 4.72. The predicted octanol–water partition coefficient (Wildman–Crippen LogP) is 5.49. The van der Waals surface area contributed by atoms with Gasteiger partial charge in [-0.2, -0.15) is 13.2 Å². The Labute approximate surface area is 245 Å². The van der Waals surface area contributed by atoms with E-state index in [1.54, 1.807) is 24.3 Å². The number of aromatic nitrogens is 1. The topological polar surface area (TPSA) is 78.8 Å². The van der Waals surface area contributed by atoms with Crippen molar-refractivity contribution in [3.63, 3.8) is 0 Å². The number of carboxylic acids is 1. The summed E-state index contributed by atoms with van der Waals surface area (Å²) in [5.41, 5.74) is 1.33. The Balaban J connectivity index is 1.61. The quantitative estimate of drug-likeness (QED) is 0.189. The number of carbonyl (C=O) groups is 1. The number of halogens is 4. The van der Waals surface area contributed by atoms with Crippen LogP contribution in [0, 0.1) is 11.8 Å². The van der Waals surface area contributed by atoms with E-state index in [9.17, 15) is 23.1 Å². The first-order valence-corrected chi connectivity index (χ1v) is 13.9. The molecular weight excluding hydrogens is 568 g/mol. The lowest BCUT2D eigenvalue weighted by molar-refractivity contribution is -0.140. The molecule has 2 atom stereocenters. The zero-order valence-electron chi connectivity index (χ0n) is 23.8. The van der Waals surface area contributed by atoms with Crippen LogP contribution < -0.4 is 15.4 Å². The highest BCUT2D eigenvalue weighted by Gasteiger charge is 2.43. The number of methoxy groups -OCH3 is 1. The number of fused-ring (bicyclic) bond motifs is 1. The third-order valence-electron chi connectivity index (χ3n) is 7.25. The Morgan fingerprint density at radius 2 is 1.93 bits per heavy atom. The molecule has 3 aromatic rings. The molecule has 0 saturated carbocycles. The number of nitrogens with zero attached hydrogens (tertiary/aromatic N) is 2. The summed E-state index contributed by atoms with van der Waals surface area (Å²) in [6, 6.07) is 10.2. The number of anilines is 2. The van der Waals surface area contributed by atoms with Crippen molar-refractivity contribution in [3.8, 4) is 17.6 Å². The third kappa shape index (κ3) is 7.20. The predicted molar refractivity (Wildman–Crippen MR) is 156 cm³/mol. The lowest BCUT2D eigenvalue weighted by Crippen LogP contribution is -2.61. The molecule has 1 fully saturated rings. The van der Waals surface area contributed by atoms with Crippen LogP contribution >= 0.6 is 0 Å². The molecule has 7 nitrogen and oxygen atoms in total. The number of nitrogens with one attached hydrogen (secondary N) is 2. The largest absolute Gasteiger partial charge is 0.495 e. The molecule has 3 radical (unpaired) electrons. The Bertz CT molecular complexity index is 1520. The van der Waals surface area contributed by atoms with Crippen LogP contribution in [-0.2, 0) is 6.54 Å². The normalized spacial score (nSPS) is 19.7. The van der Waals surface area contributed by atoms with Gasteiger partial charge in [0.15, 0.2) is 0 Å². The van der Waals surface area contributed by atoms with Crippen molar-refractivity contribution in [2.24, 2.45) is 0 Å². The van der Waals surface area contributed by atoms with Gasteiger partial charge in [-0.05, 0) is 69.5 Å². The molecule has 2 heterocycles. The zero-order valence-corrected chi connectivity index (χ0v) is 24.8. The lowest BCUT2D eigenvalue weighted by Gasteiger charge is -2.47. The van der Waals surface area contributed by atoms with E-state index in [4.69, 9.17) is 4.74 Å². The molecule has 1 aliphatic rings. The summed E-state index contributed by atoms with van der Waals surface area (Å²) in [5.74, 6) is 4.87. The van der Waals surface area contributed by atoms with Gasteiger partial charge in [0.25, 0.3) is 0 Å². The van der Waals surface area contributed by atoms with E-state index < -0.39 is 30.0 Å². The van der Waals surface area contributed by atoms with Crippen molar-refractivity contribution in [1.29, 1.82) is 0 Å². The van der Waals surface area contributed by atoms with Crippen molar-refractivity contribution in [2.45, 2.75) is 56.8 Å². The fourth-order valence-electron chi connectivity index (χ4n) is 5.04. The standard InChI is InChI=1S/C30H33F4N4O3Si/c1-28(2,3)37-14-12-26(29(31,42)17-37)36-22-8-5-9-24-21(22)16-20(38(24)18-30(32,33)34)7-6-13-35-23-11-10-19(27(39)40)15-25(23)41-4/h5,8-11,15-16,26,35-36H,12-14,17-18H2,1-4H3,(H,39,40)/t26-,29-/m1/s1. The Hall–Kier alpha value is -3.69. The first-order valence-electron chi connectivity index (χ1n) is 13.4. The van der Waals surface area contributed by atoms with E-state index in [1.807, 2.05) is 20.8 Å². The first kappa shape index (κ1) is 31.2. The minimum atomic E-state index is -4.49. The van der Waals surface area contributed by atoms with Crippen molar-refractivity contribution in [2.75, 3.05) is 37.4 Å². The highest BCUT2D eigenvalue weighted by atomic mass is 28.1. The molecule has 0 aliphatic carbocycles. The van der Waals surface area contributed by atoms with Gasteiger partial charge in [-0.15, -0.1) is 0 Å². The summed E-state index contributed by atoms with van der Waals surface area (Å²) < 4.78 is 62.9. The number of alkyl halides is 4. The van der Waals surface area contributed by atoms with Crippen LogP contribution in [-0.4, -0.2) is 80.6 Å². The van der Waals surface area contributed by atoms with Crippen LogP contribution in [0.25, 0.3) is 10.9 Å². The van der Waals surface area contributed by atoms with Gasteiger partial charge in [0.05, 0.1) is 52.4 Å². The van der Waals surface area contributed by atoms with Gasteiger partial charge in [0.1, 0.15) is 17.6 Å². The van der Waals surface area contributed by atoms with Crippen LogP contribution in [0.5, 0.6) is 5.75 Å². The molecule has 1 aromatic heterocycles. The summed E-state index contributed by atoms with van der Waals surface area (Å²) in [4.78, 5) is 13.3. The van der Waals surface area contributed by atoms with Crippen molar-refractivity contribution in [3.05, 3.63) is 53.7 Å². The number of piperidine rings is 1. The van der Waals surface area contributed by atoms with E-state index >= 15 is 4.39 Å². The first-order chi connectivity index (χ1) is 19.6. The van der Waals surface area contributed by atoms with Gasteiger partial charge in [0, 0.05) is 29.7 Å². The molecule has 2 aromatic carbocycles. The van der Waals surface area contributed by atoms with Crippen LogP contribution in [0.1, 0.15) is 43.2 Å². The highest BCUT2D eigenvalue weighted by molar-refractivity contribution is 6.15. The average molecular weight is 602 g/mol. The molecule has 3 N–H and O–H groups in total. The number of hydrogen-bond donors (Lipinski definition) is 3.